The number of furan rings is 2. The van der Waals surface area contributed by atoms with E-state index in [1.54, 1.807) is 13.0 Å². The SMILES string of the molecule is COC(=O)c1ccc(C(O)c2ccoc2C)o1. The zero-order valence-electron chi connectivity index (χ0n) is 9.47. The van der Waals surface area contributed by atoms with Gasteiger partial charge in [-0.2, -0.15) is 0 Å². The molecular weight excluding hydrogens is 224 g/mol. The van der Waals surface area contributed by atoms with E-state index in [4.69, 9.17) is 8.83 Å². The van der Waals surface area contributed by atoms with Gasteiger partial charge in [0.1, 0.15) is 17.6 Å². The summed E-state index contributed by atoms with van der Waals surface area (Å²) in [7, 11) is 1.27. The molecule has 2 heterocycles. The highest BCUT2D eigenvalue weighted by molar-refractivity contribution is 5.86. The van der Waals surface area contributed by atoms with E-state index < -0.39 is 12.1 Å². The third kappa shape index (κ3) is 2.09. The molecule has 2 aromatic heterocycles. The van der Waals surface area contributed by atoms with Crippen LogP contribution in [-0.4, -0.2) is 18.2 Å². The minimum atomic E-state index is -0.952. The van der Waals surface area contributed by atoms with Gasteiger partial charge in [-0.1, -0.05) is 0 Å². The zero-order valence-corrected chi connectivity index (χ0v) is 9.47. The fourth-order valence-corrected chi connectivity index (χ4v) is 1.54. The van der Waals surface area contributed by atoms with Crippen molar-refractivity contribution in [1.82, 2.24) is 0 Å². The van der Waals surface area contributed by atoms with Crippen LogP contribution in [-0.2, 0) is 4.74 Å². The van der Waals surface area contributed by atoms with E-state index in [1.165, 1.54) is 25.5 Å². The number of carbonyl (C=O) groups is 1. The van der Waals surface area contributed by atoms with E-state index in [2.05, 4.69) is 4.74 Å². The molecule has 0 amide bonds. The third-order valence-electron chi connectivity index (χ3n) is 2.48. The standard InChI is InChI=1S/C12H12O5/c1-7-8(5-6-16-7)11(13)9-3-4-10(17-9)12(14)15-2/h3-6,11,13H,1-2H3. The average molecular weight is 236 g/mol. The van der Waals surface area contributed by atoms with Gasteiger partial charge in [-0.15, -0.1) is 0 Å². The Morgan fingerprint density at radius 2 is 2.18 bits per heavy atom. The fourth-order valence-electron chi connectivity index (χ4n) is 1.54. The van der Waals surface area contributed by atoms with Crippen molar-refractivity contribution in [1.29, 1.82) is 0 Å². The molecule has 0 saturated heterocycles. The van der Waals surface area contributed by atoms with Crippen molar-refractivity contribution in [2.75, 3.05) is 7.11 Å². The minimum Gasteiger partial charge on any atom is -0.469 e. The van der Waals surface area contributed by atoms with E-state index in [1.807, 2.05) is 0 Å². The fraction of sp³-hybridized carbons (Fsp3) is 0.250. The minimum absolute atomic E-state index is 0.0581. The monoisotopic (exact) mass is 236 g/mol. The predicted octanol–water partition coefficient (Wildman–Crippen LogP) is 2.05. The molecule has 17 heavy (non-hydrogen) atoms. The van der Waals surface area contributed by atoms with Crippen LogP contribution < -0.4 is 0 Å². The first-order valence-electron chi connectivity index (χ1n) is 5.03. The molecule has 0 aliphatic heterocycles. The summed E-state index contributed by atoms with van der Waals surface area (Å²) in [4.78, 5) is 11.2. The Kier molecular flexibility index (Phi) is 3.01. The number of esters is 1. The highest BCUT2D eigenvalue weighted by Gasteiger charge is 2.20. The van der Waals surface area contributed by atoms with E-state index in [-0.39, 0.29) is 11.5 Å². The molecule has 1 atom stereocenters. The van der Waals surface area contributed by atoms with Crippen LogP contribution in [0.15, 0.2) is 33.3 Å². The maximum atomic E-state index is 11.2. The quantitative estimate of drug-likeness (QED) is 0.825. The molecule has 0 fully saturated rings. The summed E-state index contributed by atoms with van der Waals surface area (Å²) in [5, 5.41) is 10.0. The van der Waals surface area contributed by atoms with Gasteiger partial charge in [0.05, 0.1) is 13.4 Å². The van der Waals surface area contributed by atoms with Gasteiger partial charge in [-0.3, -0.25) is 0 Å². The van der Waals surface area contributed by atoms with Crippen LogP contribution in [0.5, 0.6) is 0 Å². The summed E-state index contributed by atoms with van der Waals surface area (Å²) in [6.07, 6.45) is 0.532. The van der Waals surface area contributed by atoms with Crippen LogP contribution in [0.2, 0.25) is 0 Å². The summed E-state index contributed by atoms with van der Waals surface area (Å²) in [5.74, 6) is 0.360. The van der Waals surface area contributed by atoms with E-state index >= 15 is 0 Å². The van der Waals surface area contributed by atoms with Gasteiger partial charge < -0.3 is 18.7 Å². The largest absolute Gasteiger partial charge is 0.469 e. The molecule has 1 unspecified atom stereocenters. The van der Waals surface area contributed by atoms with Crippen LogP contribution in [0.25, 0.3) is 0 Å². The van der Waals surface area contributed by atoms with Crippen molar-refractivity contribution in [3.63, 3.8) is 0 Å². The van der Waals surface area contributed by atoms with E-state index in [0.717, 1.165) is 0 Å². The molecule has 0 bridgehead atoms. The normalized spacial score (nSPS) is 12.4. The van der Waals surface area contributed by atoms with Crippen molar-refractivity contribution >= 4 is 5.97 Å². The molecule has 0 aromatic carbocycles. The van der Waals surface area contributed by atoms with Gasteiger partial charge in [0.25, 0.3) is 0 Å². The van der Waals surface area contributed by atoms with Crippen molar-refractivity contribution in [3.8, 4) is 0 Å². The number of rotatable bonds is 3. The second-order valence-corrected chi connectivity index (χ2v) is 3.53. The Labute approximate surface area is 97.6 Å². The maximum Gasteiger partial charge on any atom is 0.373 e. The van der Waals surface area contributed by atoms with E-state index in [9.17, 15) is 9.90 Å². The average Bonchev–Trinajstić information content (AvgIpc) is 2.95. The van der Waals surface area contributed by atoms with Crippen molar-refractivity contribution < 1.29 is 23.5 Å². The highest BCUT2D eigenvalue weighted by Crippen LogP contribution is 2.26. The van der Waals surface area contributed by atoms with Crippen LogP contribution in [0.4, 0.5) is 0 Å². The maximum absolute atomic E-state index is 11.2. The molecular formula is C12H12O5. The Morgan fingerprint density at radius 1 is 1.41 bits per heavy atom. The van der Waals surface area contributed by atoms with Gasteiger partial charge in [0, 0.05) is 5.56 Å². The van der Waals surface area contributed by atoms with Crippen LogP contribution >= 0.6 is 0 Å². The first-order chi connectivity index (χ1) is 8.13. The number of hydrogen-bond acceptors (Lipinski definition) is 5. The van der Waals surface area contributed by atoms with Crippen molar-refractivity contribution in [2.45, 2.75) is 13.0 Å². The topological polar surface area (TPSA) is 72.8 Å². The lowest BCUT2D eigenvalue weighted by atomic mass is 10.1. The molecule has 0 aliphatic carbocycles. The number of methoxy groups -OCH3 is 1. The molecule has 2 aromatic rings. The van der Waals surface area contributed by atoms with Gasteiger partial charge in [0.2, 0.25) is 5.76 Å². The summed E-state index contributed by atoms with van der Waals surface area (Å²) in [6.45, 7) is 1.74. The Hall–Kier alpha value is -2.01. The predicted molar refractivity (Wildman–Crippen MR) is 57.6 cm³/mol. The number of aliphatic hydroxyl groups excluding tert-OH is 1. The Balaban J connectivity index is 2.26. The molecule has 90 valence electrons. The summed E-state index contributed by atoms with van der Waals surface area (Å²) < 4.78 is 14.8. The molecule has 1 N–H and O–H groups in total. The van der Waals surface area contributed by atoms with Crippen LogP contribution in [0.3, 0.4) is 0 Å². The number of carbonyl (C=O) groups excluding carboxylic acids is 1. The van der Waals surface area contributed by atoms with Crippen molar-refractivity contribution in [2.24, 2.45) is 0 Å². The lowest BCUT2D eigenvalue weighted by Gasteiger charge is -2.05. The summed E-state index contributed by atoms with van der Waals surface area (Å²) in [5.41, 5.74) is 0.607. The number of aryl methyl sites for hydroxylation is 1. The highest BCUT2D eigenvalue weighted by atomic mass is 16.5. The van der Waals surface area contributed by atoms with Gasteiger partial charge >= 0.3 is 5.97 Å². The van der Waals surface area contributed by atoms with Crippen LogP contribution in [0.1, 0.15) is 33.7 Å². The first kappa shape index (κ1) is 11.5. The molecule has 0 spiro atoms. The molecule has 0 aliphatic rings. The molecule has 5 nitrogen and oxygen atoms in total. The first-order valence-corrected chi connectivity index (χ1v) is 5.03. The van der Waals surface area contributed by atoms with Crippen molar-refractivity contribution in [3.05, 3.63) is 47.3 Å². The third-order valence-corrected chi connectivity index (χ3v) is 2.48. The van der Waals surface area contributed by atoms with Gasteiger partial charge in [-0.05, 0) is 25.1 Å². The molecule has 2 rings (SSSR count). The van der Waals surface area contributed by atoms with Crippen LogP contribution in [0, 0.1) is 6.92 Å². The lowest BCUT2D eigenvalue weighted by molar-refractivity contribution is 0.0558. The number of aliphatic hydroxyl groups is 1. The second-order valence-electron chi connectivity index (χ2n) is 3.53. The second kappa shape index (κ2) is 4.47. The summed E-state index contributed by atoms with van der Waals surface area (Å²) >= 11 is 0. The molecule has 0 radical (unpaired) electrons. The van der Waals surface area contributed by atoms with Gasteiger partial charge in [0.15, 0.2) is 0 Å². The lowest BCUT2D eigenvalue weighted by Crippen LogP contribution is -2.00. The summed E-state index contributed by atoms with van der Waals surface area (Å²) in [6, 6.07) is 4.64. The number of ether oxygens (including phenoxy) is 1. The molecule has 5 heteroatoms. The molecule has 0 saturated carbocycles. The van der Waals surface area contributed by atoms with Gasteiger partial charge in [-0.25, -0.2) is 4.79 Å². The number of hydrogen-bond donors (Lipinski definition) is 1. The Morgan fingerprint density at radius 3 is 2.76 bits per heavy atom. The Bertz CT molecular complexity index is 522. The smallest absolute Gasteiger partial charge is 0.373 e. The van der Waals surface area contributed by atoms with E-state index in [0.29, 0.717) is 11.3 Å². The zero-order chi connectivity index (χ0) is 12.4.